The number of hydrogen-bond acceptors (Lipinski definition) is 4. The first-order valence-electron chi connectivity index (χ1n) is 9.45. The number of para-hydroxylation sites is 1. The fraction of sp³-hybridized carbons (Fsp3) is 0.450. The molecule has 1 atom stereocenters. The van der Waals surface area contributed by atoms with Gasteiger partial charge in [0.2, 0.25) is 5.91 Å². The molecule has 7 heteroatoms. The number of rotatable bonds is 3. The Morgan fingerprint density at radius 3 is 2.52 bits per heavy atom. The highest BCUT2D eigenvalue weighted by atomic mass is 16.2. The Morgan fingerprint density at radius 1 is 1.11 bits per heavy atom. The van der Waals surface area contributed by atoms with Crippen LogP contribution in [0.2, 0.25) is 0 Å². The third-order valence-electron chi connectivity index (χ3n) is 5.60. The zero-order valence-electron chi connectivity index (χ0n) is 16.1. The molecule has 2 aromatic heterocycles. The summed E-state index contributed by atoms with van der Waals surface area (Å²) in [6.07, 6.45) is 2.35. The third-order valence-corrected chi connectivity index (χ3v) is 5.60. The minimum atomic E-state index is -0.397. The number of piperazine rings is 1. The highest BCUT2D eigenvalue weighted by Crippen LogP contribution is 2.31. The minimum Gasteiger partial charge on any atom is -0.338 e. The van der Waals surface area contributed by atoms with Crippen molar-refractivity contribution in [2.75, 3.05) is 33.2 Å². The van der Waals surface area contributed by atoms with Crippen LogP contribution in [0.5, 0.6) is 0 Å². The number of amides is 1. The number of aryl methyl sites for hydroxylation is 1. The Balaban J connectivity index is 1.91. The zero-order valence-corrected chi connectivity index (χ0v) is 16.1. The van der Waals surface area contributed by atoms with Gasteiger partial charge < -0.3 is 14.4 Å². The molecule has 142 valence electrons. The van der Waals surface area contributed by atoms with Crippen molar-refractivity contribution in [1.82, 2.24) is 24.1 Å². The van der Waals surface area contributed by atoms with Crippen molar-refractivity contribution in [2.45, 2.75) is 19.4 Å². The fourth-order valence-electron chi connectivity index (χ4n) is 4.02. The number of aromatic nitrogens is 3. The summed E-state index contributed by atoms with van der Waals surface area (Å²) < 4.78 is 3.28. The summed E-state index contributed by atoms with van der Waals surface area (Å²) in [5.74, 6) is 0.0899. The van der Waals surface area contributed by atoms with E-state index >= 15 is 0 Å². The summed E-state index contributed by atoms with van der Waals surface area (Å²) in [5.41, 5.74) is 1.29. The number of fused-ring (bicyclic) bond motifs is 3. The predicted molar refractivity (Wildman–Crippen MR) is 106 cm³/mol. The van der Waals surface area contributed by atoms with E-state index in [-0.39, 0.29) is 11.5 Å². The molecule has 27 heavy (non-hydrogen) atoms. The normalized spacial score (nSPS) is 16.9. The van der Waals surface area contributed by atoms with Crippen molar-refractivity contribution in [3.63, 3.8) is 0 Å². The number of hydrogen-bond donors (Lipinski definition) is 0. The molecule has 0 unspecified atom stereocenters. The SMILES string of the molecule is CC[C@@H](C(=O)N1CCN(C)CC1)n1c2ccccc2c2cnn(C)c(=O)c21. The summed E-state index contributed by atoms with van der Waals surface area (Å²) in [6.45, 7) is 5.21. The van der Waals surface area contributed by atoms with Crippen molar-refractivity contribution in [1.29, 1.82) is 0 Å². The molecule has 0 radical (unpaired) electrons. The molecule has 0 aliphatic carbocycles. The molecule has 3 heterocycles. The van der Waals surface area contributed by atoms with Gasteiger partial charge in [-0.1, -0.05) is 25.1 Å². The van der Waals surface area contributed by atoms with Crippen molar-refractivity contribution >= 4 is 27.7 Å². The van der Waals surface area contributed by atoms with Crippen LogP contribution in [-0.2, 0) is 11.8 Å². The Kier molecular flexibility index (Phi) is 4.47. The first-order valence-corrected chi connectivity index (χ1v) is 9.45. The quantitative estimate of drug-likeness (QED) is 0.706. The van der Waals surface area contributed by atoms with Crippen LogP contribution in [0, 0.1) is 0 Å². The number of carbonyl (C=O) groups excluding carboxylic acids is 1. The molecule has 3 aromatic rings. The van der Waals surface area contributed by atoms with Gasteiger partial charge in [-0.3, -0.25) is 9.59 Å². The van der Waals surface area contributed by atoms with Crippen LogP contribution in [0.15, 0.2) is 35.3 Å². The molecule has 0 bridgehead atoms. The maximum absolute atomic E-state index is 13.4. The van der Waals surface area contributed by atoms with Gasteiger partial charge in [0, 0.05) is 44.0 Å². The second kappa shape index (κ2) is 6.81. The predicted octanol–water partition coefficient (Wildman–Crippen LogP) is 1.61. The van der Waals surface area contributed by atoms with Crippen LogP contribution in [0.1, 0.15) is 19.4 Å². The number of likely N-dealkylation sites (N-methyl/N-ethyl adjacent to an activating group) is 1. The van der Waals surface area contributed by atoms with Crippen LogP contribution in [0.3, 0.4) is 0 Å². The van der Waals surface area contributed by atoms with Gasteiger partial charge in [0.15, 0.2) is 0 Å². The lowest BCUT2D eigenvalue weighted by Crippen LogP contribution is -2.49. The summed E-state index contributed by atoms with van der Waals surface area (Å²) in [6, 6.07) is 7.47. The van der Waals surface area contributed by atoms with Gasteiger partial charge in [0.25, 0.3) is 5.56 Å². The topological polar surface area (TPSA) is 63.4 Å². The monoisotopic (exact) mass is 367 g/mol. The van der Waals surface area contributed by atoms with Gasteiger partial charge in [-0.25, -0.2) is 4.68 Å². The smallest absolute Gasteiger partial charge is 0.291 e. The van der Waals surface area contributed by atoms with Crippen molar-refractivity contribution in [2.24, 2.45) is 7.05 Å². The highest BCUT2D eigenvalue weighted by Gasteiger charge is 2.30. The summed E-state index contributed by atoms with van der Waals surface area (Å²) >= 11 is 0. The van der Waals surface area contributed by atoms with Crippen molar-refractivity contribution in [3.8, 4) is 0 Å². The molecule has 0 saturated carbocycles. The first kappa shape index (κ1) is 17.7. The van der Waals surface area contributed by atoms with Gasteiger partial charge >= 0.3 is 0 Å². The van der Waals surface area contributed by atoms with E-state index in [9.17, 15) is 9.59 Å². The maximum Gasteiger partial charge on any atom is 0.291 e. The molecule has 1 fully saturated rings. The van der Waals surface area contributed by atoms with Gasteiger partial charge in [-0.2, -0.15) is 5.10 Å². The molecular formula is C20H25N5O2. The maximum atomic E-state index is 13.4. The molecule has 1 aromatic carbocycles. The van der Waals surface area contributed by atoms with Gasteiger partial charge in [-0.15, -0.1) is 0 Å². The third kappa shape index (κ3) is 2.82. The van der Waals surface area contributed by atoms with E-state index in [0.29, 0.717) is 11.9 Å². The highest BCUT2D eigenvalue weighted by molar-refractivity contribution is 6.08. The number of nitrogens with zero attached hydrogens (tertiary/aromatic N) is 5. The molecule has 1 saturated heterocycles. The van der Waals surface area contributed by atoms with E-state index in [0.717, 1.165) is 42.5 Å². The van der Waals surface area contributed by atoms with Crippen LogP contribution in [-0.4, -0.2) is 63.3 Å². The Labute approximate surface area is 157 Å². The minimum absolute atomic E-state index is 0.0899. The van der Waals surface area contributed by atoms with E-state index in [2.05, 4.69) is 17.0 Å². The van der Waals surface area contributed by atoms with E-state index in [1.165, 1.54) is 4.68 Å². The zero-order chi connectivity index (χ0) is 19.1. The second-order valence-electron chi connectivity index (χ2n) is 7.28. The van der Waals surface area contributed by atoms with Crippen molar-refractivity contribution < 1.29 is 4.79 Å². The molecule has 0 N–H and O–H groups in total. The van der Waals surface area contributed by atoms with E-state index in [4.69, 9.17) is 0 Å². The molecule has 4 rings (SSSR count). The number of benzene rings is 1. The molecule has 7 nitrogen and oxygen atoms in total. The summed E-state index contributed by atoms with van der Waals surface area (Å²) in [5, 5.41) is 5.95. The molecular weight excluding hydrogens is 342 g/mol. The van der Waals surface area contributed by atoms with Crippen molar-refractivity contribution in [3.05, 3.63) is 40.8 Å². The standard InChI is InChI=1S/C20H25N5O2/c1-4-16(19(26)24-11-9-22(2)10-12-24)25-17-8-6-5-7-14(17)15-13-21-23(3)20(27)18(15)25/h5-8,13,16H,4,9-12H2,1-3H3/t16-/m0/s1. The molecule has 1 aliphatic rings. The van der Waals surface area contributed by atoms with Gasteiger partial charge in [-0.05, 0) is 19.5 Å². The first-order chi connectivity index (χ1) is 13.0. The molecule has 0 spiro atoms. The van der Waals surface area contributed by atoms with Gasteiger partial charge in [0.1, 0.15) is 11.6 Å². The second-order valence-corrected chi connectivity index (χ2v) is 7.28. The summed E-state index contributed by atoms with van der Waals surface area (Å²) in [4.78, 5) is 30.5. The lowest BCUT2D eigenvalue weighted by atomic mass is 10.1. The fourth-order valence-corrected chi connectivity index (χ4v) is 4.02. The summed E-state index contributed by atoms with van der Waals surface area (Å²) in [7, 11) is 3.72. The van der Waals surface area contributed by atoms with E-state index in [1.54, 1.807) is 13.2 Å². The average Bonchev–Trinajstić information content (AvgIpc) is 3.01. The molecule has 1 amide bonds. The van der Waals surface area contributed by atoms with Gasteiger partial charge in [0.05, 0.1) is 11.7 Å². The lowest BCUT2D eigenvalue weighted by molar-refractivity contribution is -0.136. The largest absolute Gasteiger partial charge is 0.338 e. The van der Waals surface area contributed by atoms with E-state index in [1.807, 2.05) is 40.7 Å². The number of carbonyl (C=O) groups is 1. The lowest BCUT2D eigenvalue weighted by Gasteiger charge is -2.35. The van der Waals surface area contributed by atoms with Crippen LogP contribution in [0.25, 0.3) is 21.8 Å². The Morgan fingerprint density at radius 2 is 1.81 bits per heavy atom. The van der Waals surface area contributed by atoms with Crippen LogP contribution in [0.4, 0.5) is 0 Å². The van der Waals surface area contributed by atoms with E-state index < -0.39 is 6.04 Å². The average molecular weight is 367 g/mol. The molecule has 1 aliphatic heterocycles. The van der Waals surface area contributed by atoms with Crippen LogP contribution >= 0.6 is 0 Å². The Hall–Kier alpha value is -2.67. The van der Waals surface area contributed by atoms with Crippen LogP contribution < -0.4 is 5.56 Å². The Bertz CT molecular complexity index is 1060.